The maximum absolute atomic E-state index is 11.3. The van der Waals surface area contributed by atoms with E-state index in [1.165, 1.54) is 5.56 Å². The summed E-state index contributed by atoms with van der Waals surface area (Å²) in [6, 6.07) is 22.4. The number of rotatable bonds is 6. The fraction of sp³-hybridized carbons (Fsp3) is 0.231. The Morgan fingerprint density at radius 2 is 1.52 bits per heavy atom. The second-order valence-electron chi connectivity index (χ2n) is 8.44. The molecule has 0 aliphatic carbocycles. The smallest absolute Gasteiger partial charge is 0.231 e. The van der Waals surface area contributed by atoms with Crippen LogP contribution in [0.4, 0.5) is 0 Å². The largest absolute Gasteiger partial charge is 0.369 e. The molecule has 3 heterocycles. The Morgan fingerprint density at radius 1 is 0.848 bits per heavy atom. The quantitative estimate of drug-likeness (QED) is 0.474. The molecule has 0 bridgehead atoms. The van der Waals surface area contributed by atoms with Crippen LogP contribution in [0.25, 0.3) is 28.0 Å². The predicted octanol–water partition coefficient (Wildman–Crippen LogP) is 3.92. The maximum atomic E-state index is 11.3. The Bertz CT molecular complexity index is 1260. The normalized spacial score (nSPS) is 15.2. The molecule has 5 rings (SSSR count). The number of piperazine rings is 1. The van der Waals surface area contributed by atoms with E-state index in [0.717, 1.165) is 60.9 Å². The molecule has 1 amide bonds. The molecule has 168 valence electrons. The van der Waals surface area contributed by atoms with Crippen molar-refractivity contribution in [2.75, 3.05) is 32.7 Å². The molecule has 1 aliphatic heterocycles. The van der Waals surface area contributed by atoms with Crippen molar-refractivity contribution in [3.63, 3.8) is 0 Å². The van der Waals surface area contributed by atoms with Gasteiger partial charge in [-0.05, 0) is 35.4 Å². The van der Waals surface area contributed by atoms with Crippen LogP contribution in [-0.2, 0) is 11.3 Å². The zero-order valence-electron chi connectivity index (χ0n) is 18.3. The highest BCUT2D eigenvalue weighted by atomic mass is 35.5. The van der Waals surface area contributed by atoms with Gasteiger partial charge < -0.3 is 10.1 Å². The summed E-state index contributed by atoms with van der Waals surface area (Å²) in [7, 11) is 0. The third kappa shape index (κ3) is 4.78. The summed E-state index contributed by atoms with van der Waals surface area (Å²) in [4.78, 5) is 20.8. The number of fused-ring (bicyclic) bond motifs is 1. The van der Waals surface area contributed by atoms with Gasteiger partial charge in [0.25, 0.3) is 0 Å². The number of halogens is 1. The van der Waals surface area contributed by atoms with Crippen LogP contribution in [0.5, 0.6) is 0 Å². The predicted molar refractivity (Wildman–Crippen MR) is 132 cm³/mol. The molecular formula is C26H26ClN5O. The molecule has 0 atom stereocenters. The first kappa shape index (κ1) is 21.6. The summed E-state index contributed by atoms with van der Waals surface area (Å²) in [6.45, 7) is 4.48. The summed E-state index contributed by atoms with van der Waals surface area (Å²) in [5.41, 5.74) is 11.8. The van der Waals surface area contributed by atoms with E-state index in [9.17, 15) is 4.79 Å². The number of aromatic nitrogens is 2. The van der Waals surface area contributed by atoms with Crippen molar-refractivity contribution in [1.29, 1.82) is 0 Å². The number of imidazole rings is 1. The van der Waals surface area contributed by atoms with Gasteiger partial charge in [0.05, 0.1) is 17.9 Å². The molecule has 0 saturated carbocycles. The standard InChI is InChI=1S/C26H26ClN5O/c27-22-9-6-20(7-10-22)26-23(17-30-12-14-31(15-13-30)18-24(28)33)32-16-21(8-11-25(32)29-26)19-4-2-1-3-5-19/h1-11,16H,12-15,17-18H2,(H2,28,33). The number of hydrogen-bond donors (Lipinski definition) is 1. The van der Waals surface area contributed by atoms with Crippen molar-refractivity contribution in [2.24, 2.45) is 5.73 Å². The van der Waals surface area contributed by atoms with Crippen LogP contribution >= 0.6 is 11.6 Å². The average molecular weight is 460 g/mol. The minimum Gasteiger partial charge on any atom is -0.369 e. The number of benzene rings is 2. The molecule has 2 aromatic carbocycles. The molecule has 7 heteroatoms. The molecule has 1 fully saturated rings. The van der Waals surface area contributed by atoms with Crippen LogP contribution in [0.15, 0.2) is 72.9 Å². The molecule has 0 radical (unpaired) electrons. The van der Waals surface area contributed by atoms with Crippen molar-refractivity contribution in [3.8, 4) is 22.4 Å². The second-order valence-corrected chi connectivity index (χ2v) is 8.88. The van der Waals surface area contributed by atoms with E-state index in [4.69, 9.17) is 22.3 Å². The van der Waals surface area contributed by atoms with Crippen LogP contribution in [0, 0.1) is 0 Å². The minimum atomic E-state index is -0.274. The lowest BCUT2D eigenvalue weighted by molar-refractivity contribution is -0.119. The van der Waals surface area contributed by atoms with E-state index >= 15 is 0 Å². The van der Waals surface area contributed by atoms with Gasteiger partial charge in [-0.1, -0.05) is 54.1 Å². The molecule has 6 nitrogen and oxygen atoms in total. The van der Waals surface area contributed by atoms with Crippen molar-refractivity contribution in [1.82, 2.24) is 19.2 Å². The van der Waals surface area contributed by atoms with Crippen LogP contribution in [0.3, 0.4) is 0 Å². The number of hydrogen-bond acceptors (Lipinski definition) is 4. The highest BCUT2D eigenvalue weighted by Gasteiger charge is 2.22. The van der Waals surface area contributed by atoms with Gasteiger partial charge >= 0.3 is 0 Å². The Hall–Kier alpha value is -3.19. The van der Waals surface area contributed by atoms with Crippen molar-refractivity contribution < 1.29 is 4.79 Å². The van der Waals surface area contributed by atoms with Gasteiger partial charge in [-0.3, -0.25) is 14.6 Å². The van der Waals surface area contributed by atoms with Gasteiger partial charge in [-0.25, -0.2) is 4.98 Å². The third-order valence-corrected chi connectivity index (χ3v) is 6.41. The summed E-state index contributed by atoms with van der Waals surface area (Å²) in [5.74, 6) is -0.274. The van der Waals surface area contributed by atoms with Gasteiger partial charge in [-0.2, -0.15) is 0 Å². The first-order valence-corrected chi connectivity index (χ1v) is 11.5. The summed E-state index contributed by atoms with van der Waals surface area (Å²) in [6.07, 6.45) is 2.18. The summed E-state index contributed by atoms with van der Waals surface area (Å²) in [5, 5.41) is 0.709. The average Bonchev–Trinajstić information content (AvgIpc) is 3.18. The highest BCUT2D eigenvalue weighted by Crippen LogP contribution is 2.29. The summed E-state index contributed by atoms with van der Waals surface area (Å²) >= 11 is 6.14. The lowest BCUT2D eigenvalue weighted by atomic mass is 10.1. The SMILES string of the molecule is NC(=O)CN1CCN(Cc2c(-c3ccc(Cl)cc3)nc3ccc(-c4ccccc4)cn23)CC1. The van der Waals surface area contributed by atoms with Crippen LogP contribution in [-0.4, -0.2) is 57.8 Å². The summed E-state index contributed by atoms with van der Waals surface area (Å²) < 4.78 is 2.21. The van der Waals surface area contributed by atoms with Gasteiger partial charge in [0.15, 0.2) is 0 Å². The highest BCUT2D eigenvalue weighted by molar-refractivity contribution is 6.30. The van der Waals surface area contributed by atoms with Gasteiger partial charge in [0.2, 0.25) is 5.91 Å². The molecule has 33 heavy (non-hydrogen) atoms. The molecule has 0 unspecified atom stereocenters. The molecule has 1 saturated heterocycles. The fourth-order valence-electron chi connectivity index (χ4n) is 4.42. The molecule has 2 aromatic heterocycles. The Morgan fingerprint density at radius 3 is 2.21 bits per heavy atom. The molecule has 1 aliphatic rings. The lowest BCUT2D eigenvalue weighted by Crippen LogP contribution is -2.48. The number of carbonyl (C=O) groups excluding carboxylic acids is 1. The van der Waals surface area contributed by atoms with Crippen molar-refractivity contribution >= 4 is 23.2 Å². The lowest BCUT2D eigenvalue weighted by Gasteiger charge is -2.34. The minimum absolute atomic E-state index is 0.274. The van der Waals surface area contributed by atoms with E-state index in [1.807, 2.05) is 30.3 Å². The molecular weight excluding hydrogens is 434 g/mol. The monoisotopic (exact) mass is 459 g/mol. The first-order chi connectivity index (χ1) is 16.1. The van der Waals surface area contributed by atoms with Crippen LogP contribution in [0.1, 0.15) is 5.69 Å². The maximum Gasteiger partial charge on any atom is 0.231 e. The van der Waals surface area contributed by atoms with E-state index in [-0.39, 0.29) is 5.91 Å². The van der Waals surface area contributed by atoms with E-state index < -0.39 is 0 Å². The Kier molecular flexibility index (Phi) is 6.13. The van der Waals surface area contributed by atoms with E-state index in [0.29, 0.717) is 11.6 Å². The number of primary amides is 1. The number of nitrogens with zero attached hydrogens (tertiary/aromatic N) is 4. The van der Waals surface area contributed by atoms with Gasteiger partial charge in [0, 0.05) is 49.5 Å². The number of carbonyl (C=O) groups is 1. The van der Waals surface area contributed by atoms with Crippen molar-refractivity contribution in [2.45, 2.75) is 6.54 Å². The zero-order chi connectivity index (χ0) is 22.8. The number of amides is 1. The van der Waals surface area contributed by atoms with Crippen LogP contribution in [0.2, 0.25) is 5.02 Å². The number of nitrogens with two attached hydrogens (primary N) is 1. The van der Waals surface area contributed by atoms with E-state index in [2.05, 4.69) is 56.8 Å². The molecule has 0 spiro atoms. The second kappa shape index (κ2) is 9.35. The fourth-order valence-corrected chi connectivity index (χ4v) is 4.55. The van der Waals surface area contributed by atoms with E-state index in [1.54, 1.807) is 0 Å². The van der Waals surface area contributed by atoms with Crippen molar-refractivity contribution in [3.05, 3.63) is 83.6 Å². The third-order valence-electron chi connectivity index (χ3n) is 6.16. The first-order valence-electron chi connectivity index (χ1n) is 11.1. The molecule has 4 aromatic rings. The Balaban J connectivity index is 1.51. The zero-order valence-corrected chi connectivity index (χ0v) is 19.1. The Labute approximate surface area is 198 Å². The topological polar surface area (TPSA) is 66.9 Å². The molecule has 2 N–H and O–H groups in total. The van der Waals surface area contributed by atoms with Crippen LogP contribution < -0.4 is 5.73 Å². The van der Waals surface area contributed by atoms with Gasteiger partial charge in [0.1, 0.15) is 5.65 Å². The van der Waals surface area contributed by atoms with Gasteiger partial charge in [-0.15, -0.1) is 0 Å². The number of pyridine rings is 1.